The molecule has 0 fully saturated rings. The Hall–Kier alpha value is -1.59. The summed E-state index contributed by atoms with van der Waals surface area (Å²) < 4.78 is 0. The highest BCUT2D eigenvalue weighted by atomic mass is 16.4. The quantitative estimate of drug-likeness (QED) is 0.645. The molecule has 0 saturated carbocycles. The summed E-state index contributed by atoms with van der Waals surface area (Å²) in [6, 6.07) is -0.970. The number of rotatable bonds is 10. The molecular formula is C15H27NO5. The number of amides is 1. The van der Waals surface area contributed by atoms with E-state index in [1.54, 1.807) is 6.92 Å². The number of carbonyl (C=O) groups is 3. The number of hydrogen-bond acceptors (Lipinski definition) is 3. The van der Waals surface area contributed by atoms with Crippen molar-refractivity contribution in [2.45, 2.75) is 59.4 Å². The van der Waals surface area contributed by atoms with Crippen molar-refractivity contribution in [1.82, 2.24) is 4.90 Å². The maximum Gasteiger partial charge on any atom is 0.326 e. The van der Waals surface area contributed by atoms with Crippen LogP contribution in [-0.4, -0.2) is 45.5 Å². The Kier molecular flexibility index (Phi) is 8.66. The van der Waals surface area contributed by atoms with Gasteiger partial charge in [-0.3, -0.25) is 9.59 Å². The molecule has 0 aliphatic rings. The van der Waals surface area contributed by atoms with E-state index in [1.807, 2.05) is 20.8 Å². The fourth-order valence-electron chi connectivity index (χ4n) is 2.38. The monoisotopic (exact) mass is 301 g/mol. The van der Waals surface area contributed by atoms with Gasteiger partial charge in [0, 0.05) is 12.5 Å². The highest BCUT2D eigenvalue weighted by Gasteiger charge is 2.35. The van der Waals surface area contributed by atoms with E-state index in [2.05, 4.69) is 0 Å². The molecule has 0 radical (unpaired) electrons. The summed E-state index contributed by atoms with van der Waals surface area (Å²) in [5.74, 6) is -2.85. The molecule has 122 valence electrons. The lowest BCUT2D eigenvalue weighted by atomic mass is 9.94. The van der Waals surface area contributed by atoms with Gasteiger partial charge in [-0.15, -0.1) is 0 Å². The van der Waals surface area contributed by atoms with Gasteiger partial charge in [0.15, 0.2) is 0 Å². The SMILES string of the molecule is CCC(CC)C(=O)N(CCC(=O)O)C(C(=O)O)C(C)CC. The predicted octanol–water partition coefficient (Wildman–Crippen LogP) is 2.23. The minimum absolute atomic E-state index is 0.0635. The standard InChI is InChI=1S/C15H27NO5/c1-5-10(4)13(15(20)21)16(9-8-12(17)18)14(19)11(6-2)7-3/h10-11,13H,5-9H2,1-4H3,(H,17,18)(H,20,21). The molecule has 0 rings (SSSR count). The molecule has 0 bridgehead atoms. The van der Waals surface area contributed by atoms with Crippen molar-refractivity contribution in [3.8, 4) is 0 Å². The van der Waals surface area contributed by atoms with Gasteiger partial charge >= 0.3 is 11.9 Å². The number of nitrogens with zero attached hydrogens (tertiary/aromatic N) is 1. The van der Waals surface area contributed by atoms with E-state index in [9.17, 15) is 19.5 Å². The Morgan fingerprint density at radius 1 is 1.00 bits per heavy atom. The summed E-state index contributed by atoms with van der Waals surface area (Å²) in [6.45, 7) is 7.32. The highest BCUT2D eigenvalue weighted by molar-refractivity contribution is 5.85. The Labute approximate surface area is 126 Å². The van der Waals surface area contributed by atoms with Gasteiger partial charge in [-0.25, -0.2) is 4.79 Å². The van der Waals surface area contributed by atoms with Crippen LogP contribution >= 0.6 is 0 Å². The van der Waals surface area contributed by atoms with Gasteiger partial charge in [-0.05, 0) is 18.8 Å². The van der Waals surface area contributed by atoms with Crippen LogP contribution in [-0.2, 0) is 14.4 Å². The van der Waals surface area contributed by atoms with Crippen molar-refractivity contribution in [2.75, 3.05) is 6.54 Å². The Balaban J connectivity index is 5.39. The third kappa shape index (κ3) is 5.73. The zero-order chi connectivity index (χ0) is 16.6. The van der Waals surface area contributed by atoms with Crippen molar-refractivity contribution in [3.05, 3.63) is 0 Å². The van der Waals surface area contributed by atoms with Crippen molar-refractivity contribution < 1.29 is 24.6 Å². The maximum atomic E-state index is 12.6. The summed E-state index contributed by atoms with van der Waals surface area (Å²) in [5, 5.41) is 18.3. The lowest BCUT2D eigenvalue weighted by molar-refractivity contribution is -0.155. The number of carboxylic acids is 2. The molecule has 0 heterocycles. The van der Waals surface area contributed by atoms with E-state index in [1.165, 1.54) is 4.90 Å². The molecule has 6 heteroatoms. The average molecular weight is 301 g/mol. The van der Waals surface area contributed by atoms with Crippen LogP contribution in [0.4, 0.5) is 0 Å². The lowest BCUT2D eigenvalue weighted by Gasteiger charge is -2.34. The molecule has 2 N–H and O–H groups in total. The van der Waals surface area contributed by atoms with Crippen LogP contribution < -0.4 is 0 Å². The molecule has 1 amide bonds. The number of carbonyl (C=O) groups excluding carboxylic acids is 1. The molecule has 21 heavy (non-hydrogen) atoms. The fraction of sp³-hybridized carbons (Fsp3) is 0.800. The summed E-state index contributed by atoms with van der Waals surface area (Å²) in [4.78, 5) is 36.1. The molecule has 0 aromatic heterocycles. The Morgan fingerprint density at radius 2 is 1.52 bits per heavy atom. The van der Waals surface area contributed by atoms with Crippen LogP contribution in [0.1, 0.15) is 53.4 Å². The van der Waals surface area contributed by atoms with Gasteiger partial charge < -0.3 is 15.1 Å². The Morgan fingerprint density at radius 3 is 1.86 bits per heavy atom. The topological polar surface area (TPSA) is 94.9 Å². The average Bonchev–Trinajstić information content (AvgIpc) is 2.42. The van der Waals surface area contributed by atoms with Crippen LogP contribution in [0, 0.1) is 11.8 Å². The van der Waals surface area contributed by atoms with E-state index >= 15 is 0 Å². The second-order valence-electron chi connectivity index (χ2n) is 5.36. The van der Waals surface area contributed by atoms with Crippen molar-refractivity contribution in [3.63, 3.8) is 0 Å². The van der Waals surface area contributed by atoms with E-state index < -0.39 is 18.0 Å². The van der Waals surface area contributed by atoms with E-state index in [0.717, 1.165) is 0 Å². The molecule has 0 spiro atoms. The van der Waals surface area contributed by atoms with Gasteiger partial charge in [-0.2, -0.15) is 0 Å². The van der Waals surface area contributed by atoms with Crippen LogP contribution in [0.5, 0.6) is 0 Å². The highest BCUT2D eigenvalue weighted by Crippen LogP contribution is 2.21. The molecule has 2 atom stereocenters. The first-order valence-corrected chi connectivity index (χ1v) is 7.55. The zero-order valence-electron chi connectivity index (χ0n) is 13.3. The summed E-state index contributed by atoms with van der Waals surface area (Å²) in [7, 11) is 0. The smallest absolute Gasteiger partial charge is 0.326 e. The molecule has 0 aliphatic carbocycles. The Bertz CT molecular complexity index is 365. The van der Waals surface area contributed by atoms with Gasteiger partial charge in [0.25, 0.3) is 0 Å². The minimum atomic E-state index is -1.07. The lowest BCUT2D eigenvalue weighted by Crippen LogP contribution is -2.51. The summed E-state index contributed by atoms with van der Waals surface area (Å²) in [6.07, 6.45) is 1.60. The molecule has 0 aromatic carbocycles. The molecule has 0 aliphatic heterocycles. The largest absolute Gasteiger partial charge is 0.481 e. The zero-order valence-corrected chi connectivity index (χ0v) is 13.3. The fourth-order valence-corrected chi connectivity index (χ4v) is 2.38. The van der Waals surface area contributed by atoms with E-state index in [0.29, 0.717) is 19.3 Å². The van der Waals surface area contributed by atoms with Crippen molar-refractivity contribution in [2.24, 2.45) is 11.8 Å². The number of hydrogen-bond donors (Lipinski definition) is 2. The first-order chi connectivity index (χ1) is 9.79. The van der Waals surface area contributed by atoms with Gasteiger partial charge in [-0.1, -0.05) is 34.1 Å². The van der Waals surface area contributed by atoms with Gasteiger partial charge in [0.05, 0.1) is 6.42 Å². The first-order valence-electron chi connectivity index (χ1n) is 7.55. The number of aliphatic carboxylic acids is 2. The second-order valence-corrected chi connectivity index (χ2v) is 5.36. The van der Waals surface area contributed by atoms with Crippen molar-refractivity contribution in [1.29, 1.82) is 0 Å². The second kappa shape index (κ2) is 9.37. The van der Waals surface area contributed by atoms with E-state index in [4.69, 9.17) is 5.11 Å². The van der Waals surface area contributed by atoms with Crippen LogP contribution in [0.15, 0.2) is 0 Å². The number of carboxylic acid groups (broad SMARTS) is 2. The third-order valence-corrected chi connectivity index (χ3v) is 3.96. The molecular weight excluding hydrogens is 274 g/mol. The predicted molar refractivity (Wildman–Crippen MR) is 78.9 cm³/mol. The summed E-state index contributed by atoms with van der Waals surface area (Å²) in [5.41, 5.74) is 0. The third-order valence-electron chi connectivity index (χ3n) is 3.96. The van der Waals surface area contributed by atoms with Crippen molar-refractivity contribution >= 4 is 17.8 Å². The molecule has 2 unspecified atom stereocenters. The van der Waals surface area contributed by atoms with Crippen LogP contribution in [0.2, 0.25) is 0 Å². The van der Waals surface area contributed by atoms with Crippen LogP contribution in [0.3, 0.4) is 0 Å². The first kappa shape index (κ1) is 19.4. The minimum Gasteiger partial charge on any atom is -0.481 e. The van der Waals surface area contributed by atoms with Crippen LogP contribution in [0.25, 0.3) is 0 Å². The molecule has 6 nitrogen and oxygen atoms in total. The maximum absolute atomic E-state index is 12.6. The van der Waals surface area contributed by atoms with Gasteiger partial charge in [0.2, 0.25) is 5.91 Å². The summed E-state index contributed by atoms with van der Waals surface area (Å²) >= 11 is 0. The normalized spacial score (nSPS) is 13.8. The van der Waals surface area contributed by atoms with E-state index in [-0.39, 0.29) is 30.7 Å². The van der Waals surface area contributed by atoms with Gasteiger partial charge in [0.1, 0.15) is 6.04 Å². The molecule has 0 saturated heterocycles. The molecule has 0 aromatic rings.